The van der Waals surface area contributed by atoms with Gasteiger partial charge in [0.1, 0.15) is 17.6 Å². The van der Waals surface area contributed by atoms with E-state index in [9.17, 15) is 5.11 Å². The molecule has 0 spiro atoms. The Labute approximate surface area is 117 Å². The lowest BCUT2D eigenvalue weighted by molar-refractivity contribution is 0.209. The zero-order valence-corrected chi connectivity index (χ0v) is 11.5. The number of halogens is 1. The van der Waals surface area contributed by atoms with Crippen molar-refractivity contribution in [1.82, 2.24) is 0 Å². The number of benzene rings is 2. The van der Waals surface area contributed by atoms with Crippen LogP contribution < -0.4 is 9.47 Å². The molecule has 0 aromatic heterocycles. The molecule has 100 valence electrons. The minimum atomic E-state index is -0.903. The van der Waals surface area contributed by atoms with Gasteiger partial charge < -0.3 is 14.6 Å². The Hall–Kier alpha value is -1.71. The summed E-state index contributed by atoms with van der Waals surface area (Å²) >= 11 is 6.12. The van der Waals surface area contributed by atoms with Crippen molar-refractivity contribution in [3.63, 3.8) is 0 Å². The molecule has 0 fully saturated rings. The normalized spacial score (nSPS) is 12.0. The van der Waals surface area contributed by atoms with Gasteiger partial charge in [-0.15, -0.1) is 0 Å². The fourth-order valence-electron chi connectivity index (χ4n) is 2.00. The number of rotatable bonds is 4. The summed E-state index contributed by atoms with van der Waals surface area (Å²) in [6, 6.07) is 12.5. The highest BCUT2D eigenvalue weighted by molar-refractivity contribution is 6.31. The fourth-order valence-corrected chi connectivity index (χ4v) is 2.24. The van der Waals surface area contributed by atoms with E-state index in [1.165, 1.54) is 0 Å². The van der Waals surface area contributed by atoms with Gasteiger partial charge in [-0.25, -0.2) is 0 Å². The van der Waals surface area contributed by atoms with E-state index in [4.69, 9.17) is 21.1 Å². The van der Waals surface area contributed by atoms with Gasteiger partial charge in [0.2, 0.25) is 0 Å². The smallest absolute Gasteiger partial charge is 0.128 e. The molecule has 2 rings (SSSR count). The Balaban J connectivity index is 2.55. The third-order valence-corrected chi connectivity index (χ3v) is 3.28. The SMILES string of the molecule is COc1cccc(OC)c1C(O)c1ccccc1Cl. The molecule has 1 N–H and O–H groups in total. The highest BCUT2D eigenvalue weighted by atomic mass is 35.5. The van der Waals surface area contributed by atoms with Crippen LogP contribution in [-0.4, -0.2) is 19.3 Å². The molecule has 0 aliphatic carbocycles. The molecular formula is C15H15ClO3. The van der Waals surface area contributed by atoms with Crippen LogP contribution in [0.3, 0.4) is 0 Å². The number of hydrogen-bond donors (Lipinski definition) is 1. The average molecular weight is 279 g/mol. The second-order valence-electron chi connectivity index (χ2n) is 4.00. The van der Waals surface area contributed by atoms with Gasteiger partial charge in [0.15, 0.2) is 0 Å². The summed E-state index contributed by atoms with van der Waals surface area (Å²) < 4.78 is 10.6. The Kier molecular flexibility index (Phi) is 4.30. The van der Waals surface area contributed by atoms with Gasteiger partial charge in [-0.3, -0.25) is 0 Å². The largest absolute Gasteiger partial charge is 0.496 e. The van der Waals surface area contributed by atoms with Crippen LogP contribution >= 0.6 is 11.6 Å². The Morgan fingerprint density at radius 1 is 0.947 bits per heavy atom. The van der Waals surface area contributed by atoms with Gasteiger partial charge in [-0.2, -0.15) is 0 Å². The summed E-state index contributed by atoms with van der Waals surface area (Å²) in [7, 11) is 3.11. The van der Waals surface area contributed by atoms with Crippen LogP contribution in [0.1, 0.15) is 17.2 Å². The molecule has 19 heavy (non-hydrogen) atoms. The van der Waals surface area contributed by atoms with E-state index in [0.717, 1.165) is 0 Å². The van der Waals surface area contributed by atoms with Gasteiger partial charge in [0, 0.05) is 10.6 Å². The molecule has 1 unspecified atom stereocenters. The van der Waals surface area contributed by atoms with E-state index in [0.29, 0.717) is 27.6 Å². The van der Waals surface area contributed by atoms with Crippen LogP contribution in [0.2, 0.25) is 5.02 Å². The summed E-state index contributed by atoms with van der Waals surface area (Å²) in [5.74, 6) is 1.12. The Morgan fingerprint density at radius 3 is 2.05 bits per heavy atom. The molecular weight excluding hydrogens is 264 g/mol. The molecule has 1 atom stereocenters. The van der Waals surface area contributed by atoms with Crippen LogP contribution in [0.15, 0.2) is 42.5 Å². The molecule has 0 saturated heterocycles. The third kappa shape index (κ3) is 2.67. The van der Waals surface area contributed by atoms with Gasteiger partial charge in [-0.05, 0) is 18.2 Å². The van der Waals surface area contributed by atoms with E-state index in [1.807, 2.05) is 12.1 Å². The van der Waals surface area contributed by atoms with E-state index in [1.54, 1.807) is 44.6 Å². The van der Waals surface area contributed by atoms with Crippen LogP contribution in [0.25, 0.3) is 0 Å². The quantitative estimate of drug-likeness (QED) is 0.931. The van der Waals surface area contributed by atoms with E-state index < -0.39 is 6.10 Å². The van der Waals surface area contributed by atoms with Crippen molar-refractivity contribution in [2.45, 2.75) is 6.10 Å². The number of methoxy groups -OCH3 is 2. The lowest BCUT2D eigenvalue weighted by atomic mass is 9.99. The Morgan fingerprint density at radius 2 is 1.53 bits per heavy atom. The highest BCUT2D eigenvalue weighted by Crippen LogP contribution is 2.39. The van der Waals surface area contributed by atoms with Crippen molar-refractivity contribution in [2.24, 2.45) is 0 Å². The summed E-state index contributed by atoms with van der Waals surface area (Å²) in [6.45, 7) is 0. The molecule has 0 bridgehead atoms. The molecule has 3 nitrogen and oxygen atoms in total. The van der Waals surface area contributed by atoms with Crippen LogP contribution in [0.5, 0.6) is 11.5 Å². The standard InChI is InChI=1S/C15H15ClO3/c1-18-12-8-5-9-13(19-2)14(12)15(17)10-6-3-4-7-11(10)16/h3-9,15,17H,1-2H3. The van der Waals surface area contributed by atoms with Crippen molar-refractivity contribution in [3.05, 3.63) is 58.6 Å². The average Bonchev–Trinajstić information content (AvgIpc) is 2.46. The lowest BCUT2D eigenvalue weighted by Gasteiger charge is -2.19. The van der Waals surface area contributed by atoms with Crippen molar-refractivity contribution >= 4 is 11.6 Å². The van der Waals surface area contributed by atoms with Crippen LogP contribution in [0.4, 0.5) is 0 Å². The van der Waals surface area contributed by atoms with Gasteiger partial charge in [-0.1, -0.05) is 35.9 Å². The first-order valence-electron chi connectivity index (χ1n) is 5.82. The zero-order valence-electron chi connectivity index (χ0n) is 10.8. The minimum absolute atomic E-state index is 0.503. The lowest BCUT2D eigenvalue weighted by Crippen LogP contribution is -2.05. The molecule has 0 radical (unpaired) electrons. The third-order valence-electron chi connectivity index (χ3n) is 2.94. The predicted molar refractivity (Wildman–Crippen MR) is 75.1 cm³/mol. The van der Waals surface area contributed by atoms with E-state index in [-0.39, 0.29) is 0 Å². The summed E-state index contributed by atoms with van der Waals surface area (Å²) in [5.41, 5.74) is 1.19. The first-order valence-corrected chi connectivity index (χ1v) is 6.20. The molecule has 0 aliphatic rings. The molecule has 0 aliphatic heterocycles. The first kappa shape index (κ1) is 13.7. The van der Waals surface area contributed by atoms with Crippen molar-refractivity contribution < 1.29 is 14.6 Å². The zero-order chi connectivity index (χ0) is 13.8. The van der Waals surface area contributed by atoms with Crippen LogP contribution in [-0.2, 0) is 0 Å². The van der Waals surface area contributed by atoms with Crippen LogP contribution in [0, 0.1) is 0 Å². The van der Waals surface area contributed by atoms with Crippen molar-refractivity contribution in [2.75, 3.05) is 14.2 Å². The van der Waals surface area contributed by atoms with Gasteiger partial charge in [0.25, 0.3) is 0 Å². The number of ether oxygens (including phenoxy) is 2. The molecule has 2 aromatic rings. The maximum Gasteiger partial charge on any atom is 0.128 e. The van der Waals surface area contributed by atoms with E-state index in [2.05, 4.69) is 0 Å². The first-order chi connectivity index (χ1) is 9.19. The maximum atomic E-state index is 10.6. The number of hydrogen-bond acceptors (Lipinski definition) is 3. The second-order valence-corrected chi connectivity index (χ2v) is 4.41. The minimum Gasteiger partial charge on any atom is -0.496 e. The fraction of sp³-hybridized carbons (Fsp3) is 0.200. The molecule has 0 heterocycles. The van der Waals surface area contributed by atoms with Gasteiger partial charge in [0.05, 0.1) is 19.8 Å². The maximum absolute atomic E-state index is 10.6. The van der Waals surface area contributed by atoms with Gasteiger partial charge >= 0.3 is 0 Å². The summed E-state index contributed by atoms with van der Waals surface area (Å²) in [4.78, 5) is 0. The number of aliphatic hydroxyl groups excluding tert-OH is 1. The Bertz CT molecular complexity index is 547. The monoisotopic (exact) mass is 278 g/mol. The topological polar surface area (TPSA) is 38.7 Å². The van der Waals surface area contributed by atoms with E-state index >= 15 is 0 Å². The second kappa shape index (κ2) is 5.95. The van der Waals surface area contributed by atoms with Crippen molar-refractivity contribution in [1.29, 1.82) is 0 Å². The predicted octanol–water partition coefficient (Wildman–Crippen LogP) is 3.44. The summed E-state index contributed by atoms with van der Waals surface area (Å²) in [5, 5.41) is 11.1. The van der Waals surface area contributed by atoms with Crippen molar-refractivity contribution in [3.8, 4) is 11.5 Å². The molecule has 2 aromatic carbocycles. The molecule has 4 heteroatoms. The highest BCUT2D eigenvalue weighted by Gasteiger charge is 2.21. The molecule has 0 amide bonds. The number of aliphatic hydroxyl groups is 1. The summed E-state index contributed by atoms with van der Waals surface area (Å²) in [6.07, 6.45) is -0.903. The molecule has 0 saturated carbocycles.